The summed E-state index contributed by atoms with van der Waals surface area (Å²) in [6.07, 6.45) is 3.48. The van der Waals surface area contributed by atoms with Crippen LogP contribution in [0.2, 0.25) is 5.02 Å². The van der Waals surface area contributed by atoms with Gasteiger partial charge in [-0.15, -0.1) is 0 Å². The number of carbonyl (C=O) groups is 1. The van der Waals surface area contributed by atoms with E-state index in [1.165, 1.54) is 0 Å². The van der Waals surface area contributed by atoms with Crippen LogP contribution >= 0.6 is 11.6 Å². The standard InChI is InChI=1S/C27H25ClN4O2/c28-23-6-2-4-8-26(23)34-18-17-31-13-15-32(16-14-31)27(33)22-19-25(20-9-11-29-12-10-20)30-24-7-3-1-5-21(22)24/h1-12,19H,13-18H2. The molecule has 0 atom stereocenters. The summed E-state index contributed by atoms with van der Waals surface area (Å²) in [5.74, 6) is 0.744. The number of aromatic nitrogens is 2. The number of piperazine rings is 1. The molecule has 3 heterocycles. The van der Waals surface area contributed by atoms with Gasteiger partial charge in [0, 0.05) is 56.1 Å². The van der Waals surface area contributed by atoms with E-state index in [0.29, 0.717) is 36.0 Å². The molecule has 2 aromatic carbocycles. The second-order valence-corrected chi connectivity index (χ2v) is 8.63. The number of pyridine rings is 2. The highest BCUT2D eigenvalue weighted by Gasteiger charge is 2.24. The van der Waals surface area contributed by atoms with E-state index in [9.17, 15) is 4.79 Å². The van der Waals surface area contributed by atoms with Crippen LogP contribution in [0.5, 0.6) is 5.75 Å². The molecule has 0 spiro atoms. The predicted molar refractivity (Wildman–Crippen MR) is 134 cm³/mol. The molecule has 4 aromatic rings. The summed E-state index contributed by atoms with van der Waals surface area (Å²) >= 11 is 6.16. The van der Waals surface area contributed by atoms with Crippen molar-refractivity contribution in [2.24, 2.45) is 0 Å². The molecule has 0 aliphatic carbocycles. The molecular formula is C27H25ClN4O2. The smallest absolute Gasteiger partial charge is 0.254 e. The van der Waals surface area contributed by atoms with Crippen molar-refractivity contribution in [1.29, 1.82) is 0 Å². The number of fused-ring (bicyclic) bond motifs is 1. The van der Waals surface area contributed by atoms with E-state index in [-0.39, 0.29) is 5.91 Å². The predicted octanol–water partition coefficient (Wildman–Crippen LogP) is 4.79. The SMILES string of the molecule is O=C(c1cc(-c2ccncc2)nc2ccccc12)N1CCN(CCOc2ccccc2Cl)CC1. The fourth-order valence-corrected chi connectivity index (χ4v) is 4.40. The number of rotatable bonds is 6. The van der Waals surface area contributed by atoms with Gasteiger partial charge in [-0.05, 0) is 36.4 Å². The number of benzene rings is 2. The molecule has 172 valence electrons. The third kappa shape index (κ3) is 4.88. The van der Waals surface area contributed by atoms with Crippen LogP contribution in [0.3, 0.4) is 0 Å². The number of carbonyl (C=O) groups excluding carboxylic acids is 1. The highest BCUT2D eigenvalue weighted by atomic mass is 35.5. The van der Waals surface area contributed by atoms with E-state index >= 15 is 0 Å². The summed E-state index contributed by atoms with van der Waals surface area (Å²) in [5, 5.41) is 1.49. The second kappa shape index (κ2) is 10.2. The van der Waals surface area contributed by atoms with Crippen LogP contribution in [-0.2, 0) is 0 Å². The van der Waals surface area contributed by atoms with Crippen molar-refractivity contribution in [3.63, 3.8) is 0 Å². The molecule has 7 heteroatoms. The average molecular weight is 473 g/mol. The molecular weight excluding hydrogens is 448 g/mol. The first-order chi connectivity index (χ1) is 16.7. The number of amides is 1. The lowest BCUT2D eigenvalue weighted by Crippen LogP contribution is -2.49. The normalized spacial score (nSPS) is 14.3. The molecule has 34 heavy (non-hydrogen) atoms. The first-order valence-electron chi connectivity index (χ1n) is 11.4. The van der Waals surface area contributed by atoms with Gasteiger partial charge in [-0.1, -0.05) is 41.9 Å². The molecule has 0 radical (unpaired) electrons. The number of hydrogen-bond donors (Lipinski definition) is 0. The maximum absolute atomic E-state index is 13.6. The maximum atomic E-state index is 13.6. The lowest BCUT2D eigenvalue weighted by atomic mass is 10.0. The molecule has 0 saturated carbocycles. The molecule has 1 saturated heterocycles. The van der Waals surface area contributed by atoms with Crippen LogP contribution in [0.1, 0.15) is 10.4 Å². The van der Waals surface area contributed by atoms with E-state index < -0.39 is 0 Å². The molecule has 2 aromatic heterocycles. The zero-order valence-corrected chi connectivity index (χ0v) is 19.5. The Balaban J connectivity index is 1.26. The molecule has 6 nitrogen and oxygen atoms in total. The zero-order valence-electron chi connectivity index (χ0n) is 18.7. The summed E-state index contributed by atoms with van der Waals surface area (Å²) in [6.45, 7) is 4.30. The molecule has 1 fully saturated rings. The minimum absolute atomic E-state index is 0.0425. The summed E-state index contributed by atoms with van der Waals surface area (Å²) in [4.78, 5) is 26.7. The number of nitrogens with zero attached hydrogens (tertiary/aromatic N) is 4. The van der Waals surface area contributed by atoms with Gasteiger partial charge >= 0.3 is 0 Å². The first kappa shape index (κ1) is 22.3. The minimum atomic E-state index is 0.0425. The Labute approximate surface area is 203 Å². The van der Waals surface area contributed by atoms with Crippen LogP contribution in [0, 0.1) is 0 Å². The van der Waals surface area contributed by atoms with Crippen molar-refractivity contribution in [2.45, 2.75) is 0 Å². The van der Waals surface area contributed by atoms with Crippen molar-refractivity contribution in [3.8, 4) is 17.0 Å². The molecule has 0 unspecified atom stereocenters. The lowest BCUT2D eigenvalue weighted by Gasteiger charge is -2.34. The van der Waals surface area contributed by atoms with Gasteiger partial charge in [0.1, 0.15) is 12.4 Å². The number of halogens is 1. The first-order valence-corrected chi connectivity index (χ1v) is 11.8. The Morgan fingerprint density at radius 1 is 0.941 bits per heavy atom. The van der Waals surface area contributed by atoms with Crippen LogP contribution in [0.25, 0.3) is 22.2 Å². The topological polar surface area (TPSA) is 58.6 Å². The van der Waals surface area contributed by atoms with Gasteiger partial charge in [-0.3, -0.25) is 14.7 Å². The fraction of sp³-hybridized carbons (Fsp3) is 0.222. The van der Waals surface area contributed by atoms with E-state index in [2.05, 4.69) is 9.88 Å². The highest BCUT2D eigenvalue weighted by molar-refractivity contribution is 6.32. The number of ether oxygens (including phenoxy) is 1. The van der Waals surface area contributed by atoms with Crippen LogP contribution in [-0.4, -0.2) is 65.0 Å². The van der Waals surface area contributed by atoms with Gasteiger partial charge in [0.15, 0.2) is 0 Å². The minimum Gasteiger partial charge on any atom is -0.491 e. The molecule has 0 bridgehead atoms. The average Bonchev–Trinajstić information content (AvgIpc) is 2.89. The monoisotopic (exact) mass is 472 g/mol. The number of para-hydroxylation sites is 2. The largest absolute Gasteiger partial charge is 0.491 e. The molecule has 1 amide bonds. The van der Waals surface area contributed by atoms with Gasteiger partial charge < -0.3 is 9.64 Å². The van der Waals surface area contributed by atoms with Crippen LogP contribution in [0.15, 0.2) is 79.1 Å². The maximum Gasteiger partial charge on any atom is 0.254 e. The van der Waals surface area contributed by atoms with Crippen molar-refractivity contribution < 1.29 is 9.53 Å². The third-order valence-corrected chi connectivity index (χ3v) is 6.40. The highest BCUT2D eigenvalue weighted by Crippen LogP contribution is 2.26. The third-order valence-electron chi connectivity index (χ3n) is 6.08. The molecule has 5 rings (SSSR count). The van der Waals surface area contributed by atoms with Crippen molar-refractivity contribution in [1.82, 2.24) is 19.8 Å². The Morgan fingerprint density at radius 3 is 2.47 bits per heavy atom. The molecule has 0 N–H and O–H groups in total. The lowest BCUT2D eigenvalue weighted by molar-refractivity contribution is 0.0622. The summed E-state index contributed by atoms with van der Waals surface area (Å²) < 4.78 is 5.82. The van der Waals surface area contributed by atoms with Crippen LogP contribution in [0.4, 0.5) is 0 Å². The molecule has 1 aliphatic heterocycles. The van der Waals surface area contributed by atoms with E-state index in [1.54, 1.807) is 12.4 Å². The van der Waals surface area contributed by atoms with Crippen LogP contribution < -0.4 is 4.74 Å². The quantitative estimate of drug-likeness (QED) is 0.404. The van der Waals surface area contributed by atoms with Crippen molar-refractivity contribution in [3.05, 3.63) is 89.7 Å². The zero-order chi connectivity index (χ0) is 23.3. The van der Waals surface area contributed by atoms with Crippen molar-refractivity contribution >= 4 is 28.4 Å². The number of hydrogen-bond acceptors (Lipinski definition) is 5. The van der Waals surface area contributed by atoms with Crippen molar-refractivity contribution in [2.75, 3.05) is 39.3 Å². The van der Waals surface area contributed by atoms with E-state index in [4.69, 9.17) is 21.3 Å². The Morgan fingerprint density at radius 2 is 1.68 bits per heavy atom. The second-order valence-electron chi connectivity index (χ2n) is 8.22. The summed E-state index contributed by atoms with van der Waals surface area (Å²) in [5.41, 5.74) is 3.22. The van der Waals surface area contributed by atoms with E-state index in [0.717, 1.165) is 41.8 Å². The fourth-order valence-electron chi connectivity index (χ4n) is 4.21. The van der Waals surface area contributed by atoms with Gasteiger partial charge in [0.2, 0.25) is 0 Å². The van der Waals surface area contributed by atoms with E-state index in [1.807, 2.05) is 71.6 Å². The van der Waals surface area contributed by atoms with Gasteiger partial charge in [0.05, 0.1) is 21.8 Å². The Hall–Kier alpha value is -3.48. The summed E-state index contributed by atoms with van der Waals surface area (Å²) in [7, 11) is 0. The Kier molecular flexibility index (Phi) is 6.70. The van der Waals surface area contributed by atoms with Gasteiger partial charge in [-0.2, -0.15) is 0 Å². The van der Waals surface area contributed by atoms with Gasteiger partial charge in [-0.25, -0.2) is 4.98 Å². The molecule has 1 aliphatic rings. The van der Waals surface area contributed by atoms with Gasteiger partial charge in [0.25, 0.3) is 5.91 Å². The Bertz CT molecular complexity index is 1290. The summed E-state index contributed by atoms with van der Waals surface area (Å²) in [6, 6.07) is 21.0.